The number of alkyl halides is 3. The van der Waals surface area contributed by atoms with Crippen LogP contribution in [-0.4, -0.2) is 19.4 Å². The third kappa shape index (κ3) is 5.44. The highest BCUT2D eigenvalue weighted by atomic mass is 35.5. The molecule has 1 atom stereocenters. The molecule has 0 radical (unpaired) electrons. The minimum Gasteiger partial charge on any atom is -0.372 e. The van der Waals surface area contributed by atoms with Gasteiger partial charge < -0.3 is 10.5 Å². The Balaban J connectivity index is 2.43. The highest BCUT2D eigenvalue weighted by molar-refractivity contribution is 6.35. The van der Waals surface area contributed by atoms with Crippen molar-refractivity contribution >= 4 is 23.2 Å². The first kappa shape index (κ1) is 15.6. The molecule has 7 heteroatoms. The molecular weight excluding hydrogens is 290 g/mol. The topological polar surface area (TPSA) is 35.2 Å². The minimum absolute atomic E-state index is 0.0837. The molecule has 0 spiro atoms. The van der Waals surface area contributed by atoms with E-state index in [-0.39, 0.29) is 13.0 Å². The summed E-state index contributed by atoms with van der Waals surface area (Å²) in [5.41, 5.74) is 6.44. The summed E-state index contributed by atoms with van der Waals surface area (Å²) < 4.78 is 39.9. The van der Waals surface area contributed by atoms with E-state index >= 15 is 0 Å². The lowest BCUT2D eigenvalue weighted by atomic mass is 10.1. The van der Waals surface area contributed by atoms with E-state index in [9.17, 15) is 13.2 Å². The van der Waals surface area contributed by atoms with Gasteiger partial charge in [0, 0.05) is 22.7 Å². The smallest absolute Gasteiger partial charge is 0.372 e. The van der Waals surface area contributed by atoms with Gasteiger partial charge in [-0.05, 0) is 24.1 Å². The fraction of sp³-hybridized carbons (Fsp3) is 0.455. The van der Waals surface area contributed by atoms with Gasteiger partial charge in [0.25, 0.3) is 0 Å². The Kier molecular flexibility index (Phi) is 5.72. The molecule has 1 aromatic carbocycles. The molecule has 2 N–H and O–H groups in total. The molecule has 1 rings (SSSR count). The third-order valence-corrected chi connectivity index (χ3v) is 2.76. The Bertz CT molecular complexity index is 398. The van der Waals surface area contributed by atoms with Crippen molar-refractivity contribution in [3.8, 4) is 0 Å². The Morgan fingerprint density at radius 2 is 1.94 bits per heavy atom. The van der Waals surface area contributed by atoms with E-state index in [2.05, 4.69) is 4.74 Å². The van der Waals surface area contributed by atoms with Crippen molar-refractivity contribution in [2.24, 2.45) is 5.73 Å². The molecule has 0 heterocycles. The Hall–Kier alpha value is -0.490. The normalized spacial score (nSPS) is 13.7. The van der Waals surface area contributed by atoms with Gasteiger partial charge in [-0.1, -0.05) is 29.3 Å². The van der Waals surface area contributed by atoms with Crippen LogP contribution in [0.4, 0.5) is 13.2 Å². The standard InChI is InChI=1S/C11H12Cl2F3NO/c12-7-1-2-8(9(13)5-7)10(17)3-4-18-6-11(14,15)16/h1-2,5,10H,3-4,6,17H2. The van der Waals surface area contributed by atoms with Crippen molar-refractivity contribution in [1.29, 1.82) is 0 Å². The molecule has 0 aliphatic carbocycles. The van der Waals surface area contributed by atoms with E-state index in [1.165, 1.54) is 6.07 Å². The van der Waals surface area contributed by atoms with Crippen LogP contribution in [-0.2, 0) is 4.74 Å². The van der Waals surface area contributed by atoms with Gasteiger partial charge in [0.15, 0.2) is 0 Å². The van der Waals surface area contributed by atoms with Crippen LogP contribution in [0.25, 0.3) is 0 Å². The maximum Gasteiger partial charge on any atom is 0.411 e. The lowest BCUT2D eigenvalue weighted by Gasteiger charge is -2.14. The van der Waals surface area contributed by atoms with Crippen LogP contribution in [0.15, 0.2) is 18.2 Å². The second-order valence-electron chi connectivity index (χ2n) is 3.73. The van der Waals surface area contributed by atoms with Crippen molar-refractivity contribution in [2.75, 3.05) is 13.2 Å². The number of hydrogen-bond acceptors (Lipinski definition) is 2. The minimum atomic E-state index is -4.32. The van der Waals surface area contributed by atoms with Crippen LogP contribution >= 0.6 is 23.2 Å². The van der Waals surface area contributed by atoms with E-state index in [1.807, 2.05) is 0 Å². The number of nitrogens with two attached hydrogens (primary N) is 1. The molecule has 1 aromatic rings. The average Bonchev–Trinajstić information content (AvgIpc) is 2.22. The first-order valence-electron chi connectivity index (χ1n) is 5.14. The van der Waals surface area contributed by atoms with Gasteiger partial charge in [-0.3, -0.25) is 0 Å². The number of benzene rings is 1. The molecule has 1 unspecified atom stereocenters. The molecule has 0 aliphatic rings. The molecular formula is C11H12Cl2F3NO. The van der Waals surface area contributed by atoms with Gasteiger partial charge in [-0.25, -0.2) is 0 Å². The van der Waals surface area contributed by atoms with E-state index in [0.29, 0.717) is 15.6 Å². The first-order chi connectivity index (χ1) is 8.29. The predicted molar refractivity (Wildman–Crippen MR) is 64.9 cm³/mol. The monoisotopic (exact) mass is 301 g/mol. The Labute approximate surface area is 113 Å². The van der Waals surface area contributed by atoms with E-state index < -0.39 is 18.8 Å². The number of halogens is 5. The number of rotatable bonds is 5. The fourth-order valence-electron chi connectivity index (χ4n) is 1.36. The molecule has 0 fully saturated rings. The number of ether oxygens (including phenoxy) is 1. The zero-order valence-electron chi connectivity index (χ0n) is 9.31. The van der Waals surface area contributed by atoms with Crippen molar-refractivity contribution in [1.82, 2.24) is 0 Å². The quantitative estimate of drug-likeness (QED) is 0.836. The summed E-state index contributed by atoms with van der Waals surface area (Å²) in [6.45, 7) is -1.35. The highest BCUT2D eigenvalue weighted by Crippen LogP contribution is 2.26. The zero-order chi connectivity index (χ0) is 13.8. The van der Waals surface area contributed by atoms with Gasteiger partial charge >= 0.3 is 6.18 Å². The SMILES string of the molecule is NC(CCOCC(F)(F)F)c1ccc(Cl)cc1Cl. The van der Waals surface area contributed by atoms with Gasteiger partial charge in [-0.15, -0.1) is 0 Å². The molecule has 0 saturated carbocycles. The molecule has 0 aromatic heterocycles. The maximum atomic E-state index is 11.8. The predicted octanol–water partition coefficient (Wildman–Crippen LogP) is 3.96. The van der Waals surface area contributed by atoms with Crippen LogP contribution < -0.4 is 5.73 Å². The van der Waals surface area contributed by atoms with Gasteiger partial charge in [0.2, 0.25) is 0 Å². The number of hydrogen-bond donors (Lipinski definition) is 1. The molecule has 0 saturated heterocycles. The summed E-state index contributed by atoms with van der Waals surface area (Å²) in [5.74, 6) is 0. The molecule has 0 amide bonds. The molecule has 18 heavy (non-hydrogen) atoms. The largest absolute Gasteiger partial charge is 0.411 e. The van der Waals surface area contributed by atoms with Gasteiger partial charge in [-0.2, -0.15) is 13.2 Å². The Morgan fingerprint density at radius 3 is 2.50 bits per heavy atom. The molecule has 2 nitrogen and oxygen atoms in total. The van der Waals surface area contributed by atoms with Crippen LogP contribution in [0.5, 0.6) is 0 Å². The van der Waals surface area contributed by atoms with Crippen molar-refractivity contribution in [3.63, 3.8) is 0 Å². The van der Waals surface area contributed by atoms with Gasteiger partial charge in [0.1, 0.15) is 6.61 Å². The second kappa shape index (κ2) is 6.61. The summed E-state index contributed by atoms with van der Waals surface area (Å²) >= 11 is 11.6. The van der Waals surface area contributed by atoms with E-state index in [0.717, 1.165) is 0 Å². The van der Waals surface area contributed by atoms with Crippen molar-refractivity contribution < 1.29 is 17.9 Å². The summed E-state index contributed by atoms with van der Waals surface area (Å²) in [7, 11) is 0. The zero-order valence-corrected chi connectivity index (χ0v) is 10.8. The molecule has 0 bridgehead atoms. The van der Waals surface area contributed by atoms with Crippen molar-refractivity contribution in [2.45, 2.75) is 18.6 Å². The van der Waals surface area contributed by atoms with Crippen LogP contribution in [0.3, 0.4) is 0 Å². The van der Waals surface area contributed by atoms with Crippen LogP contribution in [0, 0.1) is 0 Å². The van der Waals surface area contributed by atoms with E-state index in [1.54, 1.807) is 12.1 Å². The summed E-state index contributed by atoms with van der Waals surface area (Å²) in [6, 6.07) is 4.33. The maximum absolute atomic E-state index is 11.8. The lowest BCUT2D eigenvalue weighted by molar-refractivity contribution is -0.174. The lowest BCUT2D eigenvalue weighted by Crippen LogP contribution is -2.19. The summed E-state index contributed by atoms with van der Waals surface area (Å²) in [6.07, 6.45) is -4.07. The van der Waals surface area contributed by atoms with Crippen molar-refractivity contribution in [3.05, 3.63) is 33.8 Å². The first-order valence-corrected chi connectivity index (χ1v) is 5.90. The average molecular weight is 302 g/mol. The second-order valence-corrected chi connectivity index (χ2v) is 4.57. The summed E-state index contributed by atoms with van der Waals surface area (Å²) in [4.78, 5) is 0. The van der Waals surface area contributed by atoms with Gasteiger partial charge in [0.05, 0.1) is 0 Å². The molecule has 0 aliphatic heterocycles. The van der Waals surface area contributed by atoms with Crippen LogP contribution in [0.2, 0.25) is 10.0 Å². The fourth-order valence-corrected chi connectivity index (χ4v) is 1.90. The molecule has 102 valence electrons. The highest BCUT2D eigenvalue weighted by Gasteiger charge is 2.27. The van der Waals surface area contributed by atoms with Crippen LogP contribution in [0.1, 0.15) is 18.0 Å². The third-order valence-electron chi connectivity index (χ3n) is 2.20. The van der Waals surface area contributed by atoms with E-state index in [4.69, 9.17) is 28.9 Å². The summed E-state index contributed by atoms with van der Waals surface area (Å²) in [5, 5.41) is 0.870. The Morgan fingerprint density at radius 1 is 1.28 bits per heavy atom.